The van der Waals surface area contributed by atoms with Gasteiger partial charge in [-0.3, -0.25) is 9.52 Å². The summed E-state index contributed by atoms with van der Waals surface area (Å²) in [7, 11) is -3.76. The molecule has 0 radical (unpaired) electrons. The second-order valence-corrected chi connectivity index (χ2v) is 9.65. The van der Waals surface area contributed by atoms with Crippen LogP contribution in [0.4, 0.5) is 23.2 Å². The molecule has 0 aliphatic heterocycles. The Morgan fingerprint density at radius 2 is 1.94 bits per heavy atom. The summed E-state index contributed by atoms with van der Waals surface area (Å²) in [5.41, 5.74) is -0.558. The van der Waals surface area contributed by atoms with Crippen LogP contribution < -0.4 is 10.0 Å². The summed E-state index contributed by atoms with van der Waals surface area (Å²) in [6, 6.07) is 4.47. The predicted octanol–water partition coefficient (Wildman–Crippen LogP) is 4.12. The number of hydrogen-bond donors (Lipinski definition) is 2. The maximum atomic E-state index is 14.4. The number of carbonyl (C=O) groups is 1. The number of pyridine rings is 1. The van der Waals surface area contributed by atoms with Gasteiger partial charge in [0.2, 0.25) is 15.9 Å². The molecule has 6 nitrogen and oxygen atoms in total. The number of alkyl halides is 3. The van der Waals surface area contributed by atoms with E-state index in [4.69, 9.17) is 6.42 Å². The van der Waals surface area contributed by atoms with E-state index in [1.165, 1.54) is 18.2 Å². The molecule has 2 aromatic rings. The quantitative estimate of drug-likeness (QED) is 0.326. The van der Waals surface area contributed by atoms with Gasteiger partial charge in [-0.2, -0.15) is 13.2 Å². The highest BCUT2D eigenvalue weighted by atomic mass is 32.2. The van der Waals surface area contributed by atoms with E-state index in [9.17, 15) is 30.8 Å². The van der Waals surface area contributed by atoms with E-state index in [1.54, 1.807) is 0 Å². The van der Waals surface area contributed by atoms with Crippen LogP contribution in [0.25, 0.3) is 6.08 Å². The summed E-state index contributed by atoms with van der Waals surface area (Å²) in [4.78, 5) is 15.9. The van der Waals surface area contributed by atoms with E-state index in [1.807, 2.05) is 18.6 Å². The first-order valence-electron chi connectivity index (χ1n) is 9.99. The number of nitrogens with one attached hydrogen (secondary N) is 2. The monoisotopic (exact) mass is 497 g/mol. The van der Waals surface area contributed by atoms with Gasteiger partial charge in [0.1, 0.15) is 11.5 Å². The van der Waals surface area contributed by atoms with Crippen molar-refractivity contribution in [3.8, 4) is 12.3 Å². The van der Waals surface area contributed by atoms with E-state index in [2.05, 4.69) is 16.2 Å². The molecule has 1 amide bonds. The highest BCUT2D eigenvalue weighted by molar-refractivity contribution is 7.92. The third kappa shape index (κ3) is 7.88. The largest absolute Gasteiger partial charge is 0.433 e. The molecule has 0 aliphatic rings. The first-order valence-corrected chi connectivity index (χ1v) is 11.9. The zero-order chi connectivity index (χ0) is 25.7. The lowest BCUT2D eigenvalue weighted by atomic mass is 10.0. The Labute approximate surface area is 195 Å². The van der Waals surface area contributed by atoms with Crippen LogP contribution in [0.1, 0.15) is 41.9 Å². The van der Waals surface area contributed by atoms with Crippen LogP contribution in [-0.2, 0) is 34.0 Å². The maximum Gasteiger partial charge on any atom is 0.433 e. The van der Waals surface area contributed by atoms with E-state index in [0.29, 0.717) is 5.56 Å². The minimum atomic E-state index is -4.58. The Balaban J connectivity index is 2.17. The zero-order valence-electron chi connectivity index (χ0n) is 18.6. The van der Waals surface area contributed by atoms with Crippen LogP contribution in [0.3, 0.4) is 0 Å². The normalized spacial score (nSPS) is 12.1. The molecule has 0 saturated heterocycles. The molecule has 2 N–H and O–H groups in total. The smallest absolute Gasteiger partial charge is 0.348 e. The Kier molecular flexibility index (Phi) is 8.45. The summed E-state index contributed by atoms with van der Waals surface area (Å²) in [6.45, 7) is 3.54. The van der Waals surface area contributed by atoms with Crippen LogP contribution in [0, 0.1) is 24.1 Å². The van der Waals surface area contributed by atoms with E-state index in [-0.39, 0.29) is 41.4 Å². The molecule has 182 valence electrons. The molecular weight excluding hydrogens is 474 g/mol. The summed E-state index contributed by atoms with van der Waals surface area (Å²) in [6.07, 6.45) is 4.38. The van der Waals surface area contributed by atoms with Crippen molar-refractivity contribution in [3.05, 3.63) is 64.2 Å². The molecule has 0 unspecified atom stereocenters. The highest BCUT2D eigenvalue weighted by Gasteiger charge is 2.32. The van der Waals surface area contributed by atoms with Crippen LogP contribution >= 0.6 is 0 Å². The molecule has 0 spiro atoms. The van der Waals surface area contributed by atoms with Crippen molar-refractivity contribution < 1.29 is 30.8 Å². The fourth-order valence-electron chi connectivity index (χ4n) is 2.95. The molecule has 2 rings (SSSR count). The van der Waals surface area contributed by atoms with Crippen LogP contribution in [0.2, 0.25) is 0 Å². The lowest BCUT2D eigenvalue weighted by Crippen LogP contribution is -2.21. The summed E-state index contributed by atoms with van der Waals surface area (Å²) in [5.74, 6) is 0.735. The number of carbonyl (C=O) groups excluding carboxylic acids is 1. The van der Waals surface area contributed by atoms with Crippen molar-refractivity contribution in [1.82, 2.24) is 10.3 Å². The third-order valence-electron chi connectivity index (χ3n) is 4.38. The van der Waals surface area contributed by atoms with Gasteiger partial charge in [0.05, 0.1) is 17.5 Å². The minimum Gasteiger partial charge on any atom is -0.348 e. The second kappa shape index (κ2) is 10.7. The number of anilines is 1. The van der Waals surface area contributed by atoms with Gasteiger partial charge in [-0.05, 0) is 47.7 Å². The topological polar surface area (TPSA) is 88.2 Å². The number of sulfonamides is 1. The van der Waals surface area contributed by atoms with E-state index in [0.717, 1.165) is 24.5 Å². The first-order chi connectivity index (χ1) is 15.7. The standard InChI is InChI=1S/C23H23F4N3O3S/c1-5-16-11-15(12-18(24)22(16)30-34(4,32)33)13-28-21(31)9-7-17-6-8-20(23(25,26)27)29-19(17)10-14(2)3/h1,6-9,11-12,14,30H,10,13H2,2-4H3,(H,28,31)/b9-7-. The second-order valence-electron chi connectivity index (χ2n) is 7.90. The minimum absolute atomic E-state index is 0.0392. The third-order valence-corrected chi connectivity index (χ3v) is 4.95. The van der Waals surface area contributed by atoms with Gasteiger partial charge in [-0.25, -0.2) is 17.8 Å². The van der Waals surface area contributed by atoms with Gasteiger partial charge in [-0.1, -0.05) is 25.8 Å². The molecule has 1 aromatic heterocycles. The van der Waals surface area contributed by atoms with Gasteiger partial charge in [-0.15, -0.1) is 6.42 Å². The van der Waals surface area contributed by atoms with E-state index >= 15 is 0 Å². The van der Waals surface area contributed by atoms with Crippen molar-refractivity contribution in [2.75, 3.05) is 11.0 Å². The summed E-state index contributed by atoms with van der Waals surface area (Å²) in [5, 5.41) is 2.51. The summed E-state index contributed by atoms with van der Waals surface area (Å²) < 4.78 is 78.1. The van der Waals surface area contributed by atoms with Crippen LogP contribution in [-0.4, -0.2) is 25.6 Å². The van der Waals surface area contributed by atoms with Crippen LogP contribution in [0.5, 0.6) is 0 Å². The van der Waals surface area contributed by atoms with E-state index < -0.39 is 33.6 Å². The molecule has 0 fully saturated rings. The van der Waals surface area contributed by atoms with Crippen molar-refractivity contribution >= 4 is 27.7 Å². The number of hydrogen-bond acceptors (Lipinski definition) is 4. The molecule has 1 aromatic carbocycles. The molecule has 34 heavy (non-hydrogen) atoms. The molecule has 0 saturated carbocycles. The van der Waals surface area contributed by atoms with Gasteiger partial charge in [0.15, 0.2) is 0 Å². The average molecular weight is 498 g/mol. The number of rotatable bonds is 8. The Morgan fingerprint density at radius 3 is 2.50 bits per heavy atom. The van der Waals surface area contributed by atoms with Crippen molar-refractivity contribution in [2.45, 2.75) is 33.0 Å². The summed E-state index contributed by atoms with van der Waals surface area (Å²) >= 11 is 0. The molecular formula is C23H23F4N3O3S. The Bertz CT molecular complexity index is 1250. The van der Waals surface area contributed by atoms with Gasteiger partial charge < -0.3 is 5.32 Å². The molecule has 0 aliphatic carbocycles. The molecule has 0 bridgehead atoms. The SMILES string of the molecule is C#Cc1cc(CNC(=O)/C=C\c2ccc(C(F)(F)F)nc2CC(C)C)cc(F)c1NS(C)(=O)=O. The lowest BCUT2D eigenvalue weighted by molar-refractivity contribution is -0.141. The maximum absolute atomic E-state index is 14.4. The van der Waals surface area contributed by atoms with Gasteiger partial charge in [0, 0.05) is 18.3 Å². The molecule has 0 atom stereocenters. The predicted molar refractivity (Wildman–Crippen MR) is 121 cm³/mol. The van der Waals surface area contributed by atoms with Crippen molar-refractivity contribution in [1.29, 1.82) is 0 Å². The zero-order valence-corrected chi connectivity index (χ0v) is 19.4. The fourth-order valence-corrected chi connectivity index (χ4v) is 3.53. The van der Waals surface area contributed by atoms with Gasteiger partial charge in [0.25, 0.3) is 0 Å². The molecule has 11 heteroatoms. The fraction of sp³-hybridized carbons (Fsp3) is 0.304. The number of halogens is 4. The molecule has 1 heterocycles. The number of nitrogens with zero attached hydrogens (tertiary/aromatic N) is 1. The number of aromatic nitrogens is 1. The number of terminal acetylenes is 1. The Hall–Kier alpha value is -3.39. The highest BCUT2D eigenvalue weighted by Crippen LogP contribution is 2.29. The Morgan fingerprint density at radius 1 is 1.26 bits per heavy atom. The van der Waals surface area contributed by atoms with Crippen LogP contribution in [0.15, 0.2) is 30.3 Å². The van der Waals surface area contributed by atoms with Crippen molar-refractivity contribution in [2.24, 2.45) is 5.92 Å². The number of amides is 1. The van der Waals surface area contributed by atoms with Gasteiger partial charge >= 0.3 is 6.18 Å². The van der Waals surface area contributed by atoms with Crippen molar-refractivity contribution in [3.63, 3.8) is 0 Å². The average Bonchev–Trinajstić information content (AvgIpc) is 2.70. The first kappa shape index (κ1) is 26.9. The number of benzene rings is 1. The lowest BCUT2D eigenvalue weighted by Gasteiger charge is -2.12.